The lowest BCUT2D eigenvalue weighted by molar-refractivity contribution is -0.122. The van der Waals surface area contributed by atoms with E-state index < -0.39 is 0 Å². The van der Waals surface area contributed by atoms with Crippen molar-refractivity contribution in [2.75, 3.05) is 5.32 Å². The van der Waals surface area contributed by atoms with Gasteiger partial charge in [0.15, 0.2) is 0 Å². The van der Waals surface area contributed by atoms with Gasteiger partial charge in [-0.1, -0.05) is 12.8 Å². The second-order valence-corrected chi connectivity index (χ2v) is 5.71. The van der Waals surface area contributed by atoms with E-state index in [2.05, 4.69) is 15.7 Å². The van der Waals surface area contributed by atoms with Gasteiger partial charge < -0.3 is 10.6 Å². The number of amides is 1. The summed E-state index contributed by atoms with van der Waals surface area (Å²) in [6, 6.07) is 2.26. The van der Waals surface area contributed by atoms with Crippen molar-refractivity contribution in [3.05, 3.63) is 22.6 Å². The summed E-state index contributed by atoms with van der Waals surface area (Å²) in [7, 11) is 0. The predicted molar refractivity (Wildman–Crippen MR) is 75.5 cm³/mol. The quantitative estimate of drug-likeness (QED) is 0.837. The van der Waals surface area contributed by atoms with E-state index >= 15 is 0 Å². The summed E-state index contributed by atoms with van der Waals surface area (Å²) in [6.07, 6.45) is 8.33. The van der Waals surface area contributed by atoms with Gasteiger partial charge in [-0.15, -0.1) is 0 Å². The van der Waals surface area contributed by atoms with Gasteiger partial charge in [-0.05, 0) is 25.7 Å². The van der Waals surface area contributed by atoms with E-state index in [0.717, 1.165) is 31.4 Å². The zero-order valence-corrected chi connectivity index (χ0v) is 11.5. The second-order valence-electron chi connectivity index (χ2n) is 5.71. The predicted octanol–water partition coefficient (Wildman–Crippen LogP) is 0.876. The molecule has 3 rings (SSSR count). The van der Waals surface area contributed by atoms with Crippen LogP contribution >= 0.6 is 0 Å². The lowest BCUT2D eigenvalue weighted by atomic mass is 10.2. The highest BCUT2D eigenvalue weighted by Gasteiger charge is 2.21. The lowest BCUT2D eigenvalue weighted by Gasteiger charge is -2.12. The third-order valence-electron chi connectivity index (χ3n) is 3.83. The topological polar surface area (TPSA) is 76.0 Å². The number of nitrogens with zero attached hydrogens (tertiary/aromatic N) is 2. The second kappa shape index (κ2) is 5.64. The molecule has 0 unspecified atom stereocenters. The summed E-state index contributed by atoms with van der Waals surface area (Å²) in [5.74, 6) is -0.130. The molecule has 2 saturated carbocycles. The number of hydrogen-bond donors (Lipinski definition) is 2. The van der Waals surface area contributed by atoms with E-state index in [4.69, 9.17) is 0 Å². The van der Waals surface area contributed by atoms with Crippen molar-refractivity contribution in [1.29, 1.82) is 0 Å². The normalized spacial score (nSPS) is 19.0. The molecule has 1 heterocycles. The van der Waals surface area contributed by atoms with Gasteiger partial charge in [-0.25, -0.2) is 4.68 Å². The molecule has 1 aromatic heterocycles. The number of carbonyl (C=O) groups is 1. The van der Waals surface area contributed by atoms with Crippen molar-refractivity contribution < 1.29 is 4.79 Å². The van der Waals surface area contributed by atoms with Crippen molar-refractivity contribution in [2.24, 2.45) is 0 Å². The molecule has 0 aromatic carbocycles. The van der Waals surface area contributed by atoms with Crippen LogP contribution in [-0.2, 0) is 11.3 Å². The van der Waals surface area contributed by atoms with Gasteiger partial charge in [0.1, 0.15) is 6.54 Å². The number of hydrogen-bond acceptors (Lipinski definition) is 4. The summed E-state index contributed by atoms with van der Waals surface area (Å²) < 4.78 is 1.21. The first kappa shape index (κ1) is 13.1. The molecular weight excluding hydrogens is 256 g/mol. The average Bonchev–Trinajstić information content (AvgIpc) is 3.07. The molecule has 0 bridgehead atoms. The van der Waals surface area contributed by atoms with E-state index in [1.807, 2.05) is 0 Å². The first-order chi connectivity index (χ1) is 9.70. The van der Waals surface area contributed by atoms with Crippen LogP contribution in [0.4, 0.5) is 5.69 Å². The first-order valence-electron chi connectivity index (χ1n) is 7.34. The Balaban J connectivity index is 1.58. The Labute approximate surface area is 117 Å². The van der Waals surface area contributed by atoms with E-state index in [0.29, 0.717) is 6.04 Å². The largest absolute Gasteiger partial charge is 0.381 e. The number of aromatic nitrogens is 2. The molecule has 0 spiro atoms. The fourth-order valence-corrected chi connectivity index (χ4v) is 2.57. The highest BCUT2D eigenvalue weighted by atomic mass is 16.2. The van der Waals surface area contributed by atoms with Crippen LogP contribution in [0.3, 0.4) is 0 Å². The Kier molecular flexibility index (Phi) is 3.71. The van der Waals surface area contributed by atoms with Crippen LogP contribution in [0, 0.1) is 0 Å². The molecule has 2 aliphatic rings. The van der Waals surface area contributed by atoms with Crippen molar-refractivity contribution in [1.82, 2.24) is 15.1 Å². The molecule has 6 heteroatoms. The maximum absolute atomic E-state index is 11.9. The van der Waals surface area contributed by atoms with Gasteiger partial charge in [0.2, 0.25) is 5.91 Å². The molecule has 1 amide bonds. The Morgan fingerprint density at radius 3 is 2.65 bits per heavy atom. The Hall–Kier alpha value is -1.85. The number of carbonyl (C=O) groups excluding carboxylic acids is 1. The van der Waals surface area contributed by atoms with Crippen LogP contribution in [0.1, 0.15) is 38.5 Å². The molecule has 0 radical (unpaired) electrons. The fraction of sp³-hybridized carbons (Fsp3) is 0.643. The Morgan fingerprint density at radius 1 is 1.25 bits per heavy atom. The maximum atomic E-state index is 11.9. The molecule has 0 atom stereocenters. The van der Waals surface area contributed by atoms with Crippen molar-refractivity contribution in [3.8, 4) is 0 Å². The van der Waals surface area contributed by atoms with Gasteiger partial charge in [-0.2, -0.15) is 5.10 Å². The molecule has 108 valence electrons. The van der Waals surface area contributed by atoms with Crippen LogP contribution in [0.2, 0.25) is 0 Å². The number of rotatable bonds is 5. The minimum atomic E-state index is -0.239. The van der Waals surface area contributed by atoms with Crippen LogP contribution < -0.4 is 16.2 Å². The summed E-state index contributed by atoms with van der Waals surface area (Å²) in [5.41, 5.74) is 0.502. The van der Waals surface area contributed by atoms with Crippen molar-refractivity contribution in [2.45, 2.75) is 57.2 Å². The molecule has 1 aromatic rings. The molecule has 0 saturated heterocycles. The van der Waals surface area contributed by atoms with E-state index in [-0.39, 0.29) is 24.1 Å². The van der Waals surface area contributed by atoms with Gasteiger partial charge in [0, 0.05) is 18.2 Å². The zero-order chi connectivity index (χ0) is 13.9. The zero-order valence-electron chi connectivity index (χ0n) is 11.5. The SMILES string of the molecule is O=C(Cn1ncc(NC2CC2)cc1=O)NC1CCCC1. The van der Waals surface area contributed by atoms with Crippen LogP contribution in [0.5, 0.6) is 0 Å². The van der Waals surface area contributed by atoms with Crippen LogP contribution in [0.15, 0.2) is 17.1 Å². The fourth-order valence-electron chi connectivity index (χ4n) is 2.57. The van der Waals surface area contributed by atoms with Crippen LogP contribution in [-0.4, -0.2) is 27.8 Å². The van der Waals surface area contributed by atoms with Gasteiger partial charge in [-0.3, -0.25) is 9.59 Å². The molecule has 2 N–H and O–H groups in total. The standard InChI is InChI=1S/C14H20N4O2/c19-13(17-10-3-1-2-4-10)9-18-14(20)7-12(8-15-18)16-11-5-6-11/h7-8,10-11,16H,1-6,9H2,(H,17,19). The van der Waals surface area contributed by atoms with Crippen molar-refractivity contribution in [3.63, 3.8) is 0 Å². The number of anilines is 1. The maximum Gasteiger partial charge on any atom is 0.269 e. The first-order valence-corrected chi connectivity index (χ1v) is 7.34. The summed E-state index contributed by atoms with van der Waals surface area (Å²) in [6.45, 7) is -0.000950. The highest BCUT2D eigenvalue weighted by Crippen LogP contribution is 2.23. The minimum Gasteiger partial charge on any atom is -0.381 e. The molecule has 0 aliphatic heterocycles. The minimum absolute atomic E-state index is 0.000950. The molecule has 2 aliphatic carbocycles. The Bertz CT molecular complexity index is 544. The number of nitrogens with one attached hydrogen (secondary N) is 2. The third kappa shape index (κ3) is 3.37. The average molecular weight is 276 g/mol. The smallest absolute Gasteiger partial charge is 0.269 e. The summed E-state index contributed by atoms with van der Waals surface area (Å²) in [5, 5.41) is 10.2. The third-order valence-corrected chi connectivity index (χ3v) is 3.83. The summed E-state index contributed by atoms with van der Waals surface area (Å²) >= 11 is 0. The van der Waals surface area contributed by atoms with E-state index in [1.54, 1.807) is 6.20 Å². The highest BCUT2D eigenvalue weighted by molar-refractivity contribution is 5.76. The molecule has 2 fully saturated rings. The van der Waals surface area contributed by atoms with Crippen LogP contribution in [0.25, 0.3) is 0 Å². The van der Waals surface area contributed by atoms with E-state index in [1.165, 1.54) is 23.6 Å². The molecule has 20 heavy (non-hydrogen) atoms. The Morgan fingerprint density at radius 2 is 2.00 bits per heavy atom. The molecule has 6 nitrogen and oxygen atoms in total. The molecular formula is C14H20N4O2. The van der Waals surface area contributed by atoms with Gasteiger partial charge in [0.05, 0.1) is 11.9 Å². The monoisotopic (exact) mass is 276 g/mol. The summed E-state index contributed by atoms with van der Waals surface area (Å²) in [4.78, 5) is 23.8. The van der Waals surface area contributed by atoms with Crippen molar-refractivity contribution >= 4 is 11.6 Å². The lowest BCUT2D eigenvalue weighted by Crippen LogP contribution is -2.38. The van der Waals surface area contributed by atoms with Gasteiger partial charge >= 0.3 is 0 Å². The van der Waals surface area contributed by atoms with Gasteiger partial charge in [0.25, 0.3) is 5.56 Å². The van der Waals surface area contributed by atoms with E-state index in [9.17, 15) is 9.59 Å².